The molecule has 3 atom stereocenters. The van der Waals surface area contributed by atoms with Gasteiger partial charge >= 0.3 is 0 Å². The molecule has 16 heavy (non-hydrogen) atoms. The molecule has 1 N–H and O–H groups in total. The van der Waals surface area contributed by atoms with Gasteiger partial charge in [0.05, 0.1) is 19.5 Å². The van der Waals surface area contributed by atoms with E-state index in [4.69, 9.17) is 14.6 Å². The van der Waals surface area contributed by atoms with Gasteiger partial charge in [-0.05, 0) is 6.92 Å². The van der Waals surface area contributed by atoms with Crippen molar-refractivity contribution in [3.63, 3.8) is 0 Å². The van der Waals surface area contributed by atoms with Gasteiger partial charge in [0.15, 0.2) is 6.29 Å². The molecule has 0 radical (unpaired) electrons. The van der Waals surface area contributed by atoms with Crippen LogP contribution in [0, 0.1) is 0 Å². The lowest BCUT2D eigenvalue weighted by Crippen LogP contribution is -2.31. The molecule has 1 heterocycles. The van der Waals surface area contributed by atoms with Gasteiger partial charge in [-0.3, -0.25) is 8.98 Å². The van der Waals surface area contributed by atoms with Crippen molar-refractivity contribution < 1.29 is 32.0 Å². The molecule has 94 valence electrons. The minimum atomic E-state index is -3.59. The van der Waals surface area contributed by atoms with Gasteiger partial charge in [-0.15, -0.1) is 0 Å². The fraction of sp³-hybridized carbons (Fsp3) is 0.875. The second-order valence-electron chi connectivity index (χ2n) is 3.62. The lowest BCUT2D eigenvalue weighted by Gasteiger charge is -2.14. The molecule has 1 rings (SSSR count). The Hall–Kier alpha value is -0.540. The van der Waals surface area contributed by atoms with Gasteiger partial charge in [-0.25, -0.2) is 0 Å². The first-order valence-electron chi connectivity index (χ1n) is 4.57. The van der Waals surface area contributed by atoms with Crippen LogP contribution in [-0.4, -0.2) is 57.3 Å². The van der Waals surface area contributed by atoms with Crippen LogP contribution in [0.15, 0.2) is 0 Å². The summed E-state index contributed by atoms with van der Waals surface area (Å²) in [5.41, 5.74) is 0. The number of aliphatic hydroxyl groups is 1. The third-order valence-electron chi connectivity index (χ3n) is 2.03. The van der Waals surface area contributed by atoms with Crippen LogP contribution in [0.4, 0.5) is 0 Å². The maximum Gasteiger partial charge on any atom is 0.264 e. The fourth-order valence-corrected chi connectivity index (χ4v) is 1.70. The summed E-state index contributed by atoms with van der Waals surface area (Å²) in [7, 11) is -3.59. The fourth-order valence-electron chi connectivity index (χ4n) is 1.32. The highest BCUT2D eigenvalue weighted by Crippen LogP contribution is 2.27. The van der Waals surface area contributed by atoms with Crippen LogP contribution in [0.2, 0.25) is 0 Å². The number of ether oxygens (including phenoxy) is 2. The molecule has 0 saturated carbocycles. The van der Waals surface area contributed by atoms with Crippen molar-refractivity contribution in [2.24, 2.45) is 0 Å². The maximum atomic E-state index is 10.8. The first-order chi connectivity index (χ1) is 7.29. The Morgan fingerprint density at radius 1 is 1.44 bits per heavy atom. The summed E-state index contributed by atoms with van der Waals surface area (Å²) >= 11 is 0. The quantitative estimate of drug-likeness (QED) is 0.478. The van der Waals surface area contributed by atoms with E-state index in [1.165, 1.54) is 6.92 Å². The highest BCUT2D eigenvalue weighted by atomic mass is 32.2. The van der Waals surface area contributed by atoms with E-state index in [2.05, 4.69) is 4.18 Å². The zero-order valence-corrected chi connectivity index (χ0v) is 9.77. The number of hydrogen-bond acceptors (Lipinski definition) is 7. The van der Waals surface area contributed by atoms with Crippen LogP contribution >= 0.6 is 0 Å². The zero-order valence-electron chi connectivity index (χ0n) is 8.95. The molecule has 0 aromatic rings. The Morgan fingerprint density at radius 2 is 2.00 bits per heavy atom. The smallest absolute Gasteiger partial charge is 0.264 e. The first-order valence-corrected chi connectivity index (χ1v) is 6.38. The summed E-state index contributed by atoms with van der Waals surface area (Å²) in [5, 5.41) is 8.97. The maximum absolute atomic E-state index is 10.8. The predicted octanol–water partition coefficient (Wildman–Crippen LogP) is -1.35. The van der Waals surface area contributed by atoms with Gasteiger partial charge in [0.25, 0.3) is 10.1 Å². The minimum Gasteiger partial charge on any atom is -0.394 e. The number of aliphatic hydroxyl groups excluding tert-OH is 1. The van der Waals surface area contributed by atoms with E-state index in [1.54, 1.807) is 0 Å². The number of hydrogen-bond donors (Lipinski definition) is 1. The average Bonchev–Trinajstić information content (AvgIpc) is 2.52. The SMILES string of the molecule is CC1(C=O)O[C@H](CO)[C@@H](COS(C)(=O)=O)O1. The number of carbonyl (C=O) groups excluding carboxylic acids is 1. The highest BCUT2D eigenvalue weighted by molar-refractivity contribution is 7.85. The van der Waals surface area contributed by atoms with E-state index in [1.807, 2.05) is 0 Å². The molecule has 1 aliphatic rings. The molecule has 0 spiro atoms. The second kappa shape index (κ2) is 4.76. The number of aldehydes is 1. The van der Waals surface area contributed by atoms with Crippen LogP contribution in [0.3, 0.4) is 0 Å². The predicted molar refractivity (Wildman–Crippen MR) is 52.1 cm³/mol. The third kappa shape index (κ3) is 3.49. The third-order valence-corrected chi connectivity index (χ3v) is 2.59. The molecular weight excluding hydrogens is 240 g/mol. The van der Waals surface area contributed by atoms with Crippen molar-refractivity contribution in [2.75, 3.05) is 19.5 Å². The first kappa shape index (κ1) is 13.5. The van der Waals surface area contributed by atoms with Crippen molar-refractivity contribution in [3.05, 3.63) is 0 Å². The van der Waals surface area contributed by atoms with Crippen molar-refractivity contribution in [2.45, 2.75) is 24.9 Å². The van der Waals surface area contributed by atoms with Crippen LogP contribution in [0.1, 0.15) is 6.92 Å². The van der Waals surface area contributed by atoms with E-state index in [9.17, 15) is 13.2 Å². The van der Waals surface area contributed by atoms with Crippen molar-refractivity contribution in [3.8, 4) is 0 Å². The van der Waals surface area contributed by atoms with E-state index in [0.29, 0.717) is 6.29 Å². The van der Waals surface area contributed by atoms with Crippen LogP contribution in [-0.2, 0) is 28.6 Å². The molecule has 0 bridgehead atoms. The van der Waals surface area contributed by atoms with Crippen molar-refractivity contribution in [1.29, 1.82) is 0 Å². The molecule has 1 fully saturated rings. The van der Waals surface area contributed by atoms with Gasteiger partial charge < -0.3 is 14.6 Å². The lowest BCUT2D eigenvalue weighted by atomic mass is 10.2. The minimum absolute atomic E-state index is 0.298. The molecule has 7 nitrogen and oxygen atoms in total. The van der Waals surface area contributed by atoms with Crippen molar-refractivity contribution in [1.82, 2.24) is 0 Å². The summed E-state index contributed by atoms with van der Waals surface area (Å²) in [5.74, 6) is -1.46. The molecule has 1 aliphatic heterocycles. The van der Waals surface area contributed by atoms with E-state index < -0.39 is 28.1 Å². The Labute approximate surface area is 93.4 Å². The van der Waals surface area contributed by atoms with Gasteiger partial charge in [0.1, 0.15) is 12.2 Å². The largest absolute Gasteiger partial charge is 0.394 e. The Bertz CT molecular complexity index is 351. The highest BCUT2D eigenvalue weighted by Gasteiger charge is 2.44. The van der Waals surface area contributed by atoms with Gasteiger partial charge in [0, 0.05) is 0 Å². The summed E-state index contributed by atoms with van der Waals surface area (Å²) in [6.07, 6.45) is -0.238. The van der Waals surface area contributed by atoms with Crippen LogP contribution < -0.4 is 0 Å². The van der Waals surface area contributed by atoms with E-state index in [0.717, 1.165) is 6.26 Å². The lowest BCUT2D eigenvalue weighted by molar-refractivity contribution is -0.170. The summed E-state index contributed by atoms with van der Waals surface area (Å²) in [6, 6.07) is 0. The van der Waals surface area contributed by atoms with Gasteiger partial charge in [0.2, 0.25) is 5.79 Å². The standard InChI is InChI=1S/C8H14O7S/c1-8(5-10)14-6(3-9)7(15-8)4-13-16(2,11)12/h5-7,9H,3-4H2,1-2H3/t6-,7-,8?/m1/s1. The summed E-state index contributed by atoms with van der Waals surface area (Å²) in [4.78, 5) is 10.6. The monoisotopic (exact) mass is 254 g/mol. The molecule has 1 unspecified atom stereocenters. The van der Waals surface area contributed by atoms with E-state index in [-0.39, 0.29) is 13.2 Å². The number of carbonyl (C=O) groups is 1. The van der Waals surface area contributed by atoms with E-state index >= 15 is 0 Å². The normalized spacial score (nSPS) is 35.2. The Balaban J connectivity index is 2.62. The topological polar surface area (TPSA) is 99.1 Å². The Morgan fingerprint density at radius 3 is 2.44 bits per heavy atom. The molecule has 1 saturated heterocycles. The average molecular weight is 254 g/mol. The zero-order chi connectivity index (χ0) is 12.4. The molecule has 0 aromatic carbocycles. The Kier molecular flexibility index (Phi) is 4.02. The summed E-state index contributed by atoms with van der Waals surface area (Å²) in [6.45, 7) is 0.692. The van der Waals surface area contributed by atoms with Crippen molar-refractivity contribution >= 4 is 16.4 Å². The molecule has 0 amide bonds. The molecular formula is C8H14O7S. The van der Waals surface area contributed by atoms with Crippen LogP contribution in [0.25, 0.3) is 0 Å². The summed E-state index contributed by atoms with van der Waals surface area (Å²) < 4.78 is 36.3. The van der Waals surface area contributed by atoms with Gasteiger partial charge in [-0.2, -0.15) is 8.42 Å². The number of rotatable bonds is 5. The molecule has 8 heteroatoms. The molecule has 0 aliphatic carbocycles. The second-order valence-corrected chi connectivity index (χ2v) is 5.26. The van der Waals surface area contributed by atoms with Crippen LogP contribution in [0.5, 0.6) is 0 Å². The molecule has 0 aromatic heterocycles. The van der Waals surface area contributed by atoms with Gasteiger partial charge in [-0.1, -0.05) is 0 Å².